The molecule has 2 aromatic heterocycles. The number of nitrogens with zero attached hydrogens (tertiary/aromatic N) is 3. The van der Waals surface area contributed by atoms with Gasteiger partial charge in [0.1, 0.15) is 11.5 Å². The van der Waals surface area contributed by atoms with Crippen molar-refractivity contribution in [3.05, 3.63) is 70.1 Å². The fourth-order valence-electron chi connectivity index (χ4n) is 3.30. The molecular formula is C20H22N4O2. The van der Waals surface area contributed by atoms with Crippen LogP contribution in [0.5, 0.6) is 0 Å². The van der Waals surface area contributed by atoms with Crippen LogP contribution >= 0.6 is 0 Å². The van der Waals surface area contributed by atoms with Gasteiger partial charge in [0.15, 0.2) is 0 Å². The number of ether oxygens (including phenoxy) is 1. The molecule has 26 heavy (non-hydrogen) atoms. The molecule has 0 amide bonds. The summed E-state index contributed by atoms with van der Waals surface area (Å²) in [4.78, 5) is 19.5. The molecule has 0 atom stereocenters. The molecule has 0 spiro atoms. The van der Waals surface area contributed by atoms with Gasteiger partial charge >= 0.3 is 0 Å². The summed E-state index contributed by atoms with van der Waals surface area (Å²) in [6, 6.07) is 15.7. The van der Waals surface area contributed by atoms with Crippen molar-refractivity contribution in [1.29, 1.82) is 0 Å². The number of benzene rings is 1. The molecule has 0 bridgehead atoms. The summed E-state index contributed by atoms with van der Waals surface area (Å²) in [5.41, 5.74) is 3.69. The zero-order valence-electron chi connectivity index (χ0n) is 14.8. The van der Waals surface area contributed by atoms with Gasteiger partial charge in [-0.25, -0.2) is 4.98 Å². The van der Waals surface area contributed by atoms with Crippen molar-refractivity contribution in [2.45, 2.75) is 13.5 Å². The smallest absolute Gasteiger partial charge is 0.260 e. The van der Waals surface area contributed by atoms with E-state index in [0.717, 1.165) is 35.9 Å². The zero-order chi connectivity index (χ0) is 17.9. The lowest BCUT2D eigenvalue weighted by Gasteiger charge is -2.27. The molecule has 134 valence electrons. The van der Waals surface area contributed by atoms with Crippen LogP contribution in [0.3, 0.4) is 0 Å². The third-order valence-electron chi connectivity index (χ3n) is 4.60. The first-order valence-electron chi connectivity index (χ1n) is 8.86. The number of morpholine rings is 1. The number of pyridine rings is 1. The summed E-state index contributed by atoms with van der Waals surface area (Å²) < 4.78 is 7.05. The number of rotatable bonds is 4. The van der Waals surface area contributed by atoms with E-state index in [4.69, 9.17) is 9.72 Å². The van der Waals surface area contributed by atoms with Crippen LogP contribution in [0.25, 0.3) is 5.65 Å². The molecule has 1 aromatic carbocycles. The molecule has 1 fully saturated rings. The van der Waals surface area contributed by atoms with Gasteiger partial charge in [-0.15, -0.1) is 0 Å². The van der Waals surface area contributed by atoms with Crippen molar-refractivity contribution in [1.82, 2.24) is 9.38 Å². The molecule has 1 aliphatic rings. The Morgan fingerprint density at radius 1 is 1.12 bits per heavy atom. The van der Waals surface area contributed by atoms with Gasteiger partial charge in [0.25, 0.3) is 5.56 Å². The third kappa shape index (κ3) is 3.41. The fraction of sp³-hybridized carbons (Fsp3) is 0.300. The van der Waals surface area contributed by atoms with Gasteiger partial charge in [-0.1, -0.05) is 18.2 Å². The minimum atomic E-state index is -0.0449. The molecule has 0 radical (unpaired) electrons. The number of nitrogens with one attached hydrogen (secondary N) is 1. The first kappa shape index (κ1) is 16.6. The summed E-state index contributed by atoms with van der Waals surface area (Å²) in [5.74, 6) is 0.728. The third-order valence-corrected chi connectivity index (χ3v) is 4.60. The van der Waals surface area contributed by atoms with Gasteiger partial charge in [-0.05, 0) is 36.8 Å². The summed E-state index contributed by atoms with van der Waals surface area (Å²) in [6.45, 7) is 5.48. The Labute approximate surface area is 152 Å². The van der Waals surface area contributed by atoms with Crippen LogP contribution in [0.15, 0.2) is 53.3 Å². The zero-order valence-corrected chi connectivity index (χ0v) is 14.8. The van der Waals surface area contributed by atoms with E-state index >= 15 is 0 Å². The van der Waals surface area contributed by atoms with Crippen LogP contribution in [0, 0.1) is 6.92 Å². The van der Waals surface area contributed by atoms with E-state index in [9.17, 15) is 4.79 Å². The fourth-order valence-corrected chi connectivity index (χ4v) is 3.30. The van der Waals surface area contributed by atoms with Crippen molar-refractivity contribution in [2.24, 2.45) is 0 Å². The van der Waals surface area contributed by atoms with Gasteiger partial charge in [0.05, 0.1) is 13.2 Å². The van der Waals surface area contributed by atoms with Crippen LogP contribution in [0.1, 0.15) is 11.3 Å². The van der Waals surface area contributed by atoms with Crippen LogP contribution in [0.2, 0.25) is 0 Å². The van der Waals surface area contributed by atoms with Crippen molar-refractivity contribution in [3.63, 3.8) is 0 Å². The predicted octanol–water partition coefficient (Wildman–Crippen LogP) is 2.45. The Hall–Kier alpha value is -2.86. The molecule has 1 saturated heterocycles. The van der Waals surface area contributed by atoms with Crippen molar-refractivity contribution >= 4 is 17.2 Å². The van der Waals surface area contributed by atoms with E-state index in [1.807, 2.05) is 49.4 Å². The first-order chi connectivity index (χ1) is 12.7. The van der Waals surface area contributed by atoms with E-state index in [2.05, 4.69) is 10.2 Å². The maximum atomic E-state index is 12.6. The molecule has 3 aromatic rings. The summed E-state index contributed by atoms with van der Waals surface area (Å²) in [5, 5.41) is 3.40. The SMILES string of the molecule is Cc1cc(CNc2ccccc2)cc2nc(N3CCOCC3)cc(=O)n12. The summed E-state index contributed by atoms with van der Waals surface area (Å²) in [7, 11) is 0. The minimum absolute atomic E-state index is 0.0449. The van der Waals surface area contributed by atoms with E-state index < -0.39 is 0 Å². The van der Waals surface area contributed by atoms with E-state index in [1.165, 1.54) is 0 Å². The highest BCUT2D eigenvalue weighted by atomic mass is 16.5. The van der Waals surface area contributed by atoms with Crippen LogP contribution < -0.4 is 15.8 Å². The average molecular weight is 350 g/mol. The number of aryl methyl sites for hydroxylation is 1. The number of anilines is 2. The number of aromatic nitrogens is 2. The quantitative estimate of drug-likeness (QED) is 0.783. The van der Waals surface area contributed by atoms with Crippen molar-refractivity contribution in [3.8, 4) is 0 Å². The molecule has 6 nitrogen and oxygen atoms in total. The summed E-state index contributed by atoms with van der Waals surface area (Å²) >= 11 is 0. The van der Waals surface area contributed by atoms with Gasteiger partial charge in [0.2, 0.25) is 0 Å². The number of fused-ring (bicyclic) bond motifs is 1. The summed E-state index contributed by atoms with van der Waals surface area (Å²) in [6.07, 6.45) is 0. The molecule has 0 aliphatic carbocycles. The predicted molar refractivity (Wildman–Crippen MR) is 103 cm³/mol. The molecule has 4 rings (SSSR count). The lowest BCUT2D eigenvalue weighted by molar-refractivity contribution is 0.122. The van der Waals surface area contributed by atoms with Crippen LogP contribution in [0.4, 0.5) is 11.5 Å². The van der Waals surface area contributed by atoms with Gasteiger partial charge in [0, 0.05) is 37.1 Å². The largest absolute Gasteiger partial charge is 0.381 e. The van der Waals surface area contributed by atoms with Crippen molar-refractivity contribution in [2.75, 3.05) is 36.5 Å². The Morgan fingerprint density at radius 3 is 2.65 bits per heavy atom. The number of hydrogen-bond acceptors (Lipinski definition) is 5. The van der Waals surface area contributed by atoms with E-state index in [-0.39, 0.29) is 5.56 Å². The lowest BCUT2D eigenvalue weighted by Crippen LogP contribution is -2.37. The van der Waals surface area contributed by atoms with Crippen LogP contribution in [-0.2, 0) is 11.3 Å². The highest BCUT2D eigenvalue weighted by Gasteiger charge is 2.15. The minimum Gasteiger partial charge on any atom is -0.381 e. The second kappa shape index (κ2) is 7.17. The van der Waals surface area contributed by atoms with E-state index in [1.54, 1.807) is 10.5 Å². The first-order valence-corrected chi connectivity index (χ1v) is 8.86. The lowest BCUT2D eigenvalue weighted by atomic mass is 10.2. The topological polar surface area (TPSA) is 58.9 Å². The number of hydrogen-bond donors (Lipinski definition) is 1. The maximum Gasteiger partial charge on any atom is 0.260 e. The standard InChI is InChI=1S/C20H22N4O2/c1-15-11-16(14-21-17-5-3-2-4-6-17)12-19-22-18(13-20(25)24(15)19)23-7-9-26-10-8-23/h2-6,11-13,21H,7-10,14H2,1H3. The van der Waals surface area contributed by atoms with Gasteiger partial charge < -0.3 is 15.0 Å². The number of para-hydroxylation sites is 1. The molecule has 3 heterocycles. The Balaban J connectivity index is 1.66. The van der Waals surface area contributed by atoms with Gasteiger partial charge in [-0.3, -0.25) is 9.20 Å². The Bertz CT molecular complexity index is 963. The molecule has 1 N–H and O–H groups in total. The maximum absolute atomic E-state index is 12.6. The van der Waals surface area contributed by atoms with Crippen molar-refractivity contribution < 1.29 is 4.74 Å². The van der Waals surface area contributed by atoms with Crippen LogP contribution in [-0.4, -0.2) is 35.7 Å². The average Bonchev–Trinajstić information content (AvgIpc) is 2.67. The van der Waals surface area contributed by atoms with E-state index in [0.29, 0.717) is 25.4 Å². The normalized spacial score (nSPS) is 14.6. The highest BCUT2D eigenvalue weighted by molar-refractivity contribution is 5.52. The van der Waals surface area contributed by atoms with Gasteiger partial charge in [-0.2, -0.15) is 0 Å². The molecule has 0 unspecified atom stereocenters. The second-order valence-corrected chi connectivity index (χ2v) is 6.47. The molecule has 6 heteroatoms. The highest BCUT2D eigenvalue weighted by Crippen LogP contribution is 2.16. The molecular weight excluding hydrogens is 328 g/mol. The monoisotopic (exact) mass is 350 g/mol. The Morgan fingerprint density at radius 2 is 1.88 bits per heavy atom. The second-order valence-electron chi connectivity index (χ2n) is 6.47. The molecule has 0 saturated carbocycles. The Kier molecular flexibility index (Phi) is 4.58. The molecule has 1 aliphatic heterocycles.